The molecule has 174 valence electrons. The molecule has 1 amide bonds. The monoisotopic (exact) mass is 458 g/mol. The summed E-state index contributed by atoms with van der Waals surface area (Å²) < 4.78 is 26.4. The van der Waals surface area contributed by atoms with E-state index in [9.17, 15) is 13.2 Å². The van der Waals surface area contributed by atoms with E-state index >= 15 is 0 Å². The van der Waals surface area contributed by atoms with Crippen LogP contribution in [0.3, 0.4) is 0 Å². The molecule has 0 unspecified atom stereocenters. The van der Waals surface area contributed by atoms with Crippen LogP contribution in [0.15, 0.2) is 48.5 Å². The lowest BCUT2D eigenvalue weighted by atomic mass is 10.2. The van der Waals surface area contributed by atoms with E-state index in [0.29, 0.717) is 24.2 Å². The normalized spacial score (nSPS) is 14.9. The first-order chi connectivity index (χ1) is 15.4. The summed E-state index contributed by atoms with van der Waals surface area (Å²) in [5.74, 6) is -0.131. The number of benzene rings is 2. The zero-order valence-electron chi connectivity index (χ0n) is 19.0. The molecule has 1 aliphatic heterocycles. The van der Waals surface area contributed by atoms with Gasteiger partial charge < -0.3 is 10.2 Å². The van der Waals surface area contributed by atoms with Crippen molar-refractivity contribution >= 4 is 27.3 Å². The number of carbonyl (C=O) groups excluding carboxylic acids is 1. The minimum Gasteiger partial charge on any atom is -0.369 e. The Morgan fingerprint density at radius 3 is 2.50 bits per heavy atom. The van der Waals surface area contributed by atoms with E-state index in [1.54, 1.807) is 24.3 Å². The minimum absolute atomic E-state index is 0.0582. The van der Waals surface area contributed by atoms with Crippen LogP contribution in [-0.2, 0) is 10.0 Å². The second kappa shape index (κ2) is 11.3. The maximum atomic E-state index is 12.5. The average Bonchev–Trinajstić information content (AvgIpc) is 2.77. The summed E-state index contributed by atoms with van der Waals surface area (Å²) in [7, 11) is -3.38. The molecule has 0 aromatic heterocycles. The van der Waals surface area contributed by atoms with E-state index < -0.39 is 10.0 Å². The molecule has 0 bridgehead atoms. The van der Waals surface area contributed by atoms with Crippen molar-refractivity contribution in [2.45, 2.75) is 26.7 Å². The summed E-state index contributed by atoms with van der Waals surface area (Å²) in [6, 6.07) is 15.2. The summed E-state index contributed by atoms with van der Waals surface area (Å²) >= 11 is 0. The number of sulfonamides is 1. The van der Waals surface area contributed by atoms with Crippen LogP contribution in [0.5, 0.6) is 0 Å². The molecular formula is C24H34N4O3S. The quantitative estimate of drug-likeness (QED) is 0.535. The first-order valence-corrected chi connectivity index (χ1v) is 12.9. The molecule has 1 saturated heterocycles. The Hall–Kier alpha value is -2.58. The molecule has 3 rings (SSSR count). The molecule has 2 aromatic carbocycles. The van der Waals surface area contributed by atoms with Crippen molar-refractivity contribution in [1.82, 2.24) is 10.2 Å². The van der Waals surface area contributed by atoms with Crippen LogP contribution >= 0.6 is 0 Å². The van der Waals surface area contributed by atoms with Gasteiger partial charge >= 0.3 is 0 Å². The third kappa shape index (κ3) is 7.24. The molecule has 7 nitrogen and oxygen atoms in total. The van der Waals surface area contributed by atoms with Crippen molar-refractivity contribution in [2.75, 3.05) is 54.6 Å². The highest BCUT2D eigenvalue weighted by Gasteiger charge is 2.17. The van der Waals surface area contributed by atoms with Crippen LogP contribution in [0, 0.1) is 6.92 Å². The predicted molar refractivity (Wildman–Crippen MR) is 131 cm³/mol. The maximum Gasteiger partial charge on any atom is 0.251 e. The van der Waals surface area contributed by atoms with Crippen molar-refractivity contribution in [2.24, 2.45) is 0 Å². The number of anilines is 2. The largest absolute Gasteiger partial charge is 0.369 e. The fraction of sp³-hybridized carbons (Fsp3) is 0.458. The lowest BCUT2D eigenvalue weighted by Crippen LogP contribution is -2.47. The fourth-order valence-corrected chi connectivity index (χ4v) is 5.01. The van der Waals surface area contributed by atoms with Gasteiger partial charge in [-0.1, -0.05) is 25.1 Å². The zero-order chi connectivity index (χ0) is 23.0. The summed E-state index contributed by atoms with van der Waals surface area (Å²) in [6.07, 6.45) is 1.41. The molecular weight excluding hydrogens is 424 g/mol. The van der Waals surface area contributed by atoms with E-state index in [2.05, 4.69) is 51.0 Å². The first kappa shape index (κ1) is 24.1. The number of rotatable bonds is 10. The Kier molecular flexibility index (Phi) is 8.53. The van der Waals surface area contributed by atoms with Gasteiger partial charge in [0.2, 0.25) is 10.0 Å². The number of carbonyl (C=O) groups is 1. The SMILES string of the molecule is CCCS(=O)(=O)Nc1cccc(C(=O)NCCCN2CCN(c3cccc(C)c3)CC2)c1. The van der Waals surface area contributed by atoms with Crippen molar-refractivity contribution < 1.29 is 13.2 Å². The van der Waals surface area contributed by atoms with E-state index in [-0.39, 0.29) is 11.7 Å². The van der Waals surface area contributed by atoms with Crippen molar-refractivity contribution in [3.05, 3.63) is 59.7 Å². The van der Waals surface area contributed by atoms with E-state index in [1.165, 1.54) is 11.3 Å². The lowest BCUT2D eigenvalue weighted by molar-refractivity contribution is 0.0951. The maximum absolute atomic E-state index is 12.5. The predicted octanol–water partition coefficient (Wildman–Crippen LogP) is 3.09. The molecule has 0 aliphatic carbocycles. The van der Waals surface area contributed by atoms with Crippen LogP contribution in [0.2, 0.25) is 0 Å². The molecule has 0 radical (unpaired) electrons. The second-order valence-corrected chi connectivity index (χ2v) is 10.1. The van der Waals surface area contributed by atoms with E-state index in [1.807, 2.05) is 6.92 Å². The Balaban J connectivity index is 1.39. The van der Waals surface area contributed by atoms with Gasteiger partial charge in [0.1, 0.15) is 0 Å². The van der Waals surface area contributed by atoms with Crippen LogP contribution in [-0.4, -0.2) is 64.2 Å². The molecule has 0 atom stereocenters. The molecule has 2 aromatic rings. The highest BCUT2D eigenvalue weighted by atomic mass is 32.2. The topological polar surface area (TPSA) is 81.7 Å². The lowest BCUT2D eigenvalue weighted by Gasteiger charge is -2.36. The third-order valence-electron chi connectivity index (χ3n) is 5.55. The number of piperazine rings is 1. The van der Waals surface area contributed by atoms with Gasteiger partial charge in [-0.2, -0.15) is 0 Å². The number of amides is 1. The summed E-state index contributed by atoms with van der Waals surface area (Å²) in [5, 5.41) is 2.94. The molecule has 1 heterocycles. The van der Waals surface area contributed by atoms with Crippen molar-refractivity contribution in [3.63, 3.8) is 0 Å². The van der Waals surface area contributed by atoms with Crippen molar-refractivity contribution in [1.29, 1.82) is 0 Å². The number of nitrogens with one attached hydrogen (secondary N) is 2. The van der Waals surface area contributed by atoms with Gasteiger partial charge in [-0.3, -0.25) is 14.4 Å². The third-order valence-corrected chi connectivity index (χ3v) is 7.04. The highest BCUT2D eigenvalue weighted by molar-refractivity contribution is 7.92. The van der Waals surface area contributed by atoms with Gasteiger partial charge in [0.15, 0.2) is 0 Å². The molecule has 8 heteroatoms. The Morgan fingerprint density at radius 1 is 1.03 bits per heavy atom. The van der Waals surface area contributed by atoms with E-state index in [4.69, 9.17) is 0 Å². The molecule has 1 aliphatic rings. The number of hydrogen-bond acceptors (Lipinski definition) is 5. The van der Waals surface area contributed by atoms with Gasteiger partial charge in [0.25, 0.3) is 5.91 Å². The summed E-state index contributed by atoms with van der Waals surface area (Å²) in [5.41, 5.74) is 3.44. The van der Waals surface area contributed by atoms with Crippen LogP contribution in [0.1, 0.15) is 35.7 Å². The molecule has 0 spiro atoms. The first-order valence-electron chi connectivity index (χ1n) is 11.3. The molecule has 0 saturated carbocycles. The Bertz CT molecular complexity index is 1000. The molecule has 32 heavy (non-hydrogen) atoms. The van der Waals surface area contributed by atoms with Crippen LogP contribution < -0.4 is 14.9 Å². The highest BCUT2D eigenvalue weighted by Crippen LogP contribution is 2.18. The van der Waals surface area contributed by atoms with Gasteiger partial charge in [-0.25, -0.2) is 8.42 Å². The van der Waals surface area contributed by atoms with E-state index in [0.717, 1.165) is 39.1 Å². The summed E-state index contributed by atoms with van der Waals surface area (Å²) in [6.45, 7) is 9.51. The smallest absolute Gasteiger partial charge is 0.251 e. The molecule has 1 fully saturated rings. The Labute approximate surface area is 191 Å². The number of nitrogens with zero attached hydrogens (tertiary/aromatic N) is 2. The minimum atomic E-state index is -3.38. The van der Waals surface area contributed by atoms with Gasteiger partial charge in [0.05, 0.1) is 5.75 Å². The Morgan fingerprint density at radius 2 is 1.78 bits per heavy atom. The molecule has 2 N–H and O–H groups in total. The standard InChI is InChI=1S/C24H34N4O3S/c1-3-17-32(30,31)26-22-9-5-8-21(19-22)24(29)25-11-6-12-27-13-15-28(16-14-27)23-10-4-7-20(2)18-23/h4-5,7-10,18-19,26H,3,6,11-17H2,1-2H3,(H,25,29). The van der Waals surface area contributed by atoms with Gasteiger partial charge in [-0.05, 0) is 62.2 Å². The van der Waals surface area contributed by atoms with Crippen LogP contribution in [0.25, 0.3) is 0 Å². The van der Waals surface area contributed by atoms with Crippen molar-refractivity contribution in [3.8, 4) is 0 Å². The van der Waals surface area contributed by atoms with Gasteiger partial charge in [-0.15, -0.1) is 0 Å². The second-order valence-electron chi connectivity index (χ2n) is 8.28. The van der Waals surface area contributed by atoms with Gasteiger partial charge in [0, 0.05) is 49.7 Å². The fourth-order valence-electron chi connectivity index (χ4n) is 3.88. The zero-order valence-corrected chi connectivity index (χ0v) is 19.8. The summed E-state index contributed by atoms with van der Waals surface area (Å²) in [4.78, 5) is 17.3. The number of aryl methyl sites for hydroxylation is 1. The average molecular weight is 459 g/mol. The van der Waals surface area contributed by atoms with Crippen LogP contribution in [0.4, 0.5) is 11.4 Å². The number of hydrogen-bond donors (Lipinski definition) is 2.